The Morgan fingerprint density at radius 3 is 2.38 bits per heavy atom. The number of hydrogen-bond acceptors (Lipinski definition) is 3. The first-order chi connectivity index (χ1) is 12.8. The minimum atomic E-state index is 0.211. The van der Waals surface area contributed by atoms with Gasteiger partial charge in [0.2, 0.25) is 0 Å². The number of Topliss-reactive ketones (excluding diaryl/α,β-unsaturated/α-hetero) is 1. The van der Waals surface area contributed by atoms with Crippen LogP contribution >= 0.6 is 0 Å². The zero-order valence-electron chi connectivity index (χ0n) is 15.0. The van der Waals surface area contributed by atoms with E-state index in [4.69, 9.17) is 9.47 Å². The summed E-state index contributed by atoms with van der Waals surface area (Å²) in [4.78, 5) is 12.7. The zero-order valence-corrected chi connectivity index (χ0v) is 15.0. The molecule has 0 saturated carbocycles. The molecule has 0 fully saturated rings. The Morgan fingerprint density at radius 2 is 1.65 bits per heavy atom. The lowest BCUT2D eigenvalue weighted by Gasteiger charge is -2.29. The maximum Gasteiger partial charge on any atom is 0.166 e. The quantitative estimate of drug-likeness (QED) is 0.791. The number of ether oxygens (including phenoxy) is 2. The molecule has 1 aliphatic heterocycles. The second-order valence-corrected chi connectivity index (χ2v) is 6.62. The van der Waals surface area contributed by atoms with Crippen LogP contribution in [-0.4, -0.2) is 19.5 Å². The van der Waals surface area contributed by atoms with Gasteiger partial charge in [-0.05, 0) is 40.8 Å². The van der Waals surface area contributed by atoms with Crippen molar-refractivity contribution in [3.8, 4) is 5.75 Å². The highest BCUT2D eigenvalue weighted by atomic mass is 16.5. The first-order valence-electron chi connectivity index (χ1n) is 9.10. The van der Waals surface area contributed by atoms with E-state index in [-0.39, 0.29) is 5.78 Å². The molecule has 3 nitrogen and oxygen atoms in total. The molecule has 0 aromatic heterocycles. The van der Waals surface area contributed by atoms with E-state index in [1.165, 1.54) is 0 Å². The van der Waals surface area contributed by atoms with Gasteiger partial charge in [0.25, 0.3) is 0 Å². The van der Waals surface area contributed by atoms with E-state index in [1.807, 2.05) is 30.3 Å². The third-order valence-electron chi connectivity index (χ3n) is 5.04. The van der Waals surface area contributed by atoms with Crippen LogP contribution in [0, 0.1) is 0 Å². The van der Waals surface area contributed by atoms with Crippen molar-refractivity contribution in [2.45, 2.75) is 25.7 Å². The molecule has 26 heavy (non-hydrogen) atoms. The topological polar surface area (TPSA) is 35.5 Å². The van der Waals surface area contributed by atoms with E-state index in [9.17, 15) is 4.79 Å². The molecule has 0 N–H and O–H groups in total. The average molecular weight is 346 g/mol. The van der Waals surface area contributed by atoms with Crippen LogP contribution in [0.3, 0.4) is 0 Å². The fraction of sp³-hybridized carbons (Fsp3) is 0.261. The lowest BCUT2D eigenvalue weighted by atomic mass is 9.81. The van der Waals surface area contributed by atoms with Gasteiger partial charge in [-0.15, -0.1) is 0 Å². The van der Waals surface area contributed by atoms with Crippen molar-refractivity contribution in [3.63, 3.8) is 0 Å². The van der Waals surface area contributed by atoms with Crippen molar-refractivity contribution in [2.75, 3.05) is 13.7 Å². The summed E-state index contributed by atoms with van der Waals surface area (Å²) >= 11 is 0. The van der Waals surface area contributed by atoms with Crippen LogP contribution in [-0.2, 0) is 9.53 Å². The molecule has 132 valence electrons. The van der Waals surface area contributed by atoms with Gasteiger partial charge in [-0.2, -0.15) is 0 Å². The summed E-state index contributed by atoms with van der Waals surface area (Å²) in [6.45, 7) is 0.633. The van der Waals surface area contributed by atoms with Crippen molar-refractivity contribution in [1.29, 1.82) is 0 Å². The Morgan fingerprint density at radius 1 is 0.923 bits per heavy atom. The van der Waals surface area contributed by atoms with E-state index >= 15 is 0 Å². The van der Waals surface area contributed by atoms with Crippen LogP contribution in [0.1, 0.15) is 36.8 Å². The largest absolute Gasteiger partial charge is 0.497 e. The van der Waals surface area contributed by atoms with Crippen molar-refractivity contribution >= 4 is 11.4 Å². The summed E-state index contributed by atoms with van der Waals surface area (Å²) in [7, 11) is 1.67. The summed E-state index contributed by atoms with van der Waals surface area (Å²) in [5.41, 5.74) is 5.28. The molecule has 0 saturated heterocycles. The van der Waals surface area contributed by atoms with Gasteiger partial charge in [0.05, 0.1) is 19.3 Å². The Kier molecular flexibility index (Phi) is 4.61. The first kappa shape index (κ1) is 16.6. The molecule has 0 spiro atoms. The van der Waals surface area contributed by atoms with E-state index in [0.717, 1.165) is 58.6 Å². The smallest absolute Gasteiger partial charge is 0.166 e. The molecular weight excluding hydrogens is 324 g/mol. The summed E-state index contributed by atoms with van der Waals surface area (Å²) in [6.07, 6.45) is 3.10. The minimum Gasteiger partial charge on any atom is -0.497 e. The normalized spacial score (nSPS) is 18.9. The highest BCUT2D eigenvalue weighted by Gasteiger charge is 2.30. The number of hydrogen-bond donors (Lipinski definition) is 0. The van der Waals surface area contributed by atoms with Crippen LogP contribution in [0.2, 0.25) is 0 Å². The molecule has 4 rings (SSSR count). The van der Waals surface area contributed by atoms with Crippen LogP contribution in [0.4, 0.5) is 0 Å². The highest BCUT2D eigenvalue weighted by molar-refractivity contribution is 6.04. The van der Waals surface area contributed by atoms with Gasteiger partial charge in [-0.3, -0.25) is 4.79 Å². The number of carbonyl (C=O) groups excluding carboxylic acids is 1. The van der Waals surface area contributed by atoms with Crippen molar-refractivity contribution in [3.05, 3.63) is 82.6 Å². The average Bonchev–Trinajstić information content (AvgIpc) is 2.70. The Balaban J connectivity index is 1.95. The fourth-order valence-electron chi connectivity index (χ4n) is 3.82. The molecule has 0 bridgehead atoms. The molecule has 0 amide bonds. The Hall–Kier alpha value is -2.81. The van der Waals surface area contributed by atoms with Gasteiger partial charge >= 0.3 is 0 Å². The fourth-order valence-corrected chi connectivity index (χ4v) is 3.82. The summed E-state index contributed by atoms with van der Waals surface area (Å²) < 4.78 is 11.1. The highest BCUT2D eigenvalue weighted by Crippen LogP contribution is 2.40. The number of rotatable bonds is 3. The van der Waals surface area contributed by atoms with E-state index in [0.29, 0.717) is 13.0 Å². The minimum absolute atomic E-state index is 0.211. The lowest BCUT2D eigenvalue weighted by Crippen LogP contribution is -2.21. The molecule has 2 aliphatic rings. The zero-order chi connectivity index (χ0) is 17.9. The van der Waals surface area contributed by atoms with E-state index in [2.05, 4.69) is 24.3 Å². The van der Waals surface area contributed by atoms with Gasteiger partial charge in [-0.1, -0.05) is 42.5 Å². The molecule has 0 radical (unpaired) electrons. The van der Waals surface area contributed by atoms with E-state index < -0.39 is 0 Å². The monoisotopic (exact) mass is 346 g/mol. The Labute approximate surface area is 154 Å². The molecule has 1 aliphatic carbocycles. The van der Waals surface area contributed by atoms with Gasteiger partial charge in [0, 0.05) is 19.3 Å². The third-order valence-corrected chi connectivity index (χ3v) is 5.04. The maximum atomic E-state index is 12.7. The summed E-state index contributed by atoms with van der Waals surface area (Å²) in [6, 6.07) is 18.4. The molecule has 1 heterocycles. The predicted molar refractivity (Wildman–Crippen MR) is 102 cm³/mol. The van der Waals surface area contributed by atoms with Gasteiger partial charge in [0.15, 0.2) is 5.78 Å². The van der Waals surface area contributed by atoms with Gasteiger partial charge in [0.1, 0.15) is 11.5 Å². The molecule has 2 aromatic carbocycles. The third kappa shape index (κ3) is 3.05. The predicted octanol–water partition coefficient (Wildman–Crippen LogP) is 4.92. The standard InChI is InChI=1S/C23H22O3/c1-25-18-12-10-17(11-13-18)22(16-6-3-2-4-7-16)19-14-15-26-21-9-5-8-20(24)23(19)21/h2-4,6-7,10-13H,5,8-9,14-15H2,1H3/b22-19+. The molecular formula is C23H22O3. The van der Waals surface area contributed by atoms with Crippen molar-refractivity contribution < 1.29 is 14.3 Å². The number of methoxy groups -OCH3 is 1. The lowest BCUT2D eigenvalue weighted by molar-refractivity contribution is -0.116. The van der Waals surface area contributed by atoms with E-state index in [1.54, 1.807) is 7.11 Å². The molecule has 3 heteroatoms. The van der Waals surface area contributed by atoms with Crippen LogP contribution in [0.25, 0.3) is 5.57 Å². The molecule has 0 atom stereocenters. The maximum absolute atomic E-state index is 12.7. The van der Waals surface area contributed by atoms with Crippen molar-refractivity contribution in [1.82, 2.24) is 0 Å². The number of allylic oxidation sites excluding steroid dienone is 2. The molecule has 2 aromatic rings. The summed E-state index contributed by atoms with van der Waals surface area (Å²) in [5, 5.41) is 0. The number of ketones is 1. The summed E-state index contributed by atoms with van der Waals surface area (Å²) in [5.74, 6) is 1.92. The second-order valence-electron chi connectivity index (χ2n) is 6.62. The van der Waals surface area contributed by atoms with Crippen LogP contribution in [0.15, 0.2) is 71.5 Å². The first-order valence-corrected chi connectivity index (χ1v) is 9.10. The van der Waals surface area contributed by atoms with Crippen molar-refractivity contribution in [2.24, 2.45) is 0 Å². The van der Waals surface area contributed by atoms with Gasteiger partial charge in [-0.25, -0.2) is 0 Å². The van der Waals surface area contributed by atoms with Gasteiger partial charge < -0.3 is 9.47 Å². The molecule has 0 unspecified atom stereocenters. The number of carbonyl (C=O) groups is 1. The second kappa shape index (κ2) is 7.20. The number of benzene rings is 2. The van der Waals surface area contributed by atoms with Crippen LogP contribution in [0.5, 0.6) is 5.75 Å². The SMILES string of the molecule is COc1ccc(/C(=C2\CCOC3=C2C(=O)CCC3)c2ccccc2)cc1. The van der Waals surface area contributed by atoms with Crippen LogP contribution < -0.4 is 4.74 Å². The Bertz CT molecular complexity index is 869.